The van der Waals surface area contributed by atoms with Gasteiger partial charge < -0.3 is 10.0 Å². The van der Waals surface area contributed by atoms with Crippen LogP contribution in [-0.2, 0) is 0 Å². The summed E-state index contributed by atoms with van der Waals surface area (Å²) in [5.41, 5.74) is 1.77. The molecular weight excluding hydrogens is 220 g/mol. The van der Waals surface area contributed by atoms with E-state index >= 15 is 0 Å². The Morgan fingerprint density at radius 2 is 2.35 bits per heavy atom. The van der Waals surface area contributed by atoms with Crippen molar-refractivity contribution < 1.29 is 10.0 Å². The first-order valence-electron chi connectivity index (χ1n) is 5.76. The molecule has 0 spiro atoms. The smallest absolute Gasteiger partial charge is 0.272 e. The Bertz CT molecular complexity index is 434. The first kappa shape index (κ1) is 11.9. The topological polar surface area (TPSA) is 66.6 Å². The van der Waals surface area contributed by atoms with Crippen molar-refractivity contribution in [3.8, 4) is 0 Å². The molecule has 5 heteroatoms. The highest BCUT2D eigenvalue weighted by atomic mass is 16.6. The van der Waals surface area contributed by atoms with Crippen molar-refractivity contribution in [2.24, 2.45) is 0 Å². The number of anilines is 1. The largest absolute Gasteiger partial charge is 0.394 e. The summed E-state index contributed by atoms with van der Waals surface area (Å²) in [5.74, 6) is 0. The third-order valence-corrected chi connectivity index (χ3v) is 3.30. The number of nitro groups is 1. The fraction of sp³-hybridized carbons (Fsp3) is 0.500. The lowest BCUT2D eigenvalue weighted by Gasteiger charge is -2.25. The molecule has 5 nitrogen and oxygen atoms in total. The zero-order valence-corrected chi connectivity index (χ0v) is 9.80. The SMILES string of the molecule is Cc1cc(N2CCCC2CO)ccc1[N+](=O)[O-]. The molecule has 1 fully saturated rings. The van der Waals surface area contributed by atoms with Gasteiger partial charge in [-0.1, -0.05) is 0 Å². The minimum Gasteiger partial charge on any atom is -0.394 e. The van der Waals surface area contributed by atoms with Crippen LogP contribution in [0.2, 0.25) is 0 Å². The number of nitrogens with zero attached hydrogens (tertiary/aromatic N) is 2. The molecule has 17 heavy (non-hydrogen) atoms. The van der Waals surface area contributed by atoms with Crippen molar-refractivity contribution in [3.05, 3.63) is 33.9 Å². The molecule has 0 amide bonds. The van der Waals surface area contributed by atoms with Gasteiger partial charge in [0.15, 0.2) is 0 Å². The molecule has 0 radical (unpaired) electrons. The second-order valence-corrected chi connectivity index (χ2v) is 4.40. The summed E-state index contributed by atoms with van der Waals surface area (Å²) in [7, 11) is 0. The Morgan fingerprint density at radius 1 is 1.59 bits per heavy atom. The van der Waals surface area contributed by atoms with E-state index < -0.39 is 0 Å². The molecule has 0 bridgehead atoms. The van der Waals surface area contributed by atoms with Crippen LogP contribution in [0.15, 0.2) is 18.2 Å². The van der Waals surface area contributed by atoms with Gasteiger partial charge in [0.1, 0.15) is 0 Å². The molecule has 1 saturated heterocycles. The minimum atomic E-state index is -0.368. The lowest BCUT2D eigenvalue weighted by atomic mass is 10.1. The maximum absolute atomic E-state index is 10.7. The van der Waals surface area contributed by atoms with Crippen LogP contribution < -0.4 is 4.90 Å². The van der Waals surface area contributed by atoms with E-state index in [0.717, 1.165) is 25.1 Å². The van der Waals surface area contributed by atoms with E-state index in [9.17, 15) is 15.2 Å². The van der Waals surface area contributed by atoms with Gasteiger partial charge in [0, 0.05) is 23.9 Å². The summed E-state index contributed by atoms with van der Waals surface area (Å²) in [5, 5.41) is 20.0. The van der Waals surface area contributed by atoms with Crippen molar-refractivity contribution in [3.63, 3.8) is 0 Å². The lowest BCUT2D eigenvalue weighted by molar-refractivity contribution is -0.385. The third kappa shape index (κ3) is 2.24. The summed E-state index contributed by atoms with van der Waals surface area (Å²) in [6, 6.07) is 5.28. The molecule has 1 atom stereocenters. The van der Waals surface area contributed by atoms with E-state index in [1.54, 1.807) is 13.0 Å². The van der Waals surface area contributed by atoms with Crippen molar-refractivity contribution >= 4 is 11.4 Å². The molecular formula is C12H16N2O3. The number of aliphatic hydroxyl groups is 1. The second kappa shape index (κ2) is 4.71. The highest BCUT2D eigenvalue weighted by Crippen LogP contribution is 2.29. The van der Waals surface area contributed by atoms with Gasteiger partial charge in [-0.2, -0.15) is 0 Å². The number of hydrogen-bond donors (Lipinski definition) is 1. The fourth-order valence-electron chi connectivity index (χ4n) is 2.39. The molecule has 1 aromatic rings. The number of aliphatic hydroxyl groups excluding tert-OH is 1. The zero-order chi connectivity index (χ0) is 12.4. The van der Waals surface area contributed by atoms with Gasteiger partial charge >= 0.3 is 0 Å². The summed E-state index contributed by atoms with van der Waals surface area (Å²) in [6.07, 6.45) is 2.04. The minimum absolute atomic E-state index is 0.135. The van der Waals surface area contributed by atoms with Crippen LogP contribution in [0.3, 0.4) is 0 Å². The summed E-state index contributed by atoms with van der Waals surface area (Å²) in [6.45, 7) is 2.78. The van der Waals surface area contributed by atoms with Crippen LogP contribution in [-0.4, -0.2) is 29.2 Å². The quantitative estimate of drug-likeness (QED) is 0.642. The van der Waals surface area contributed by atoms with Crippen LogP contribution in [0.4, 0.5) is 11.4 Å². The average Bonchev–Trinajstić information content (AvgIpc) is 2.76. The van der Waals surface area contributed by atoms with E-state index in [-0.39, 0.29) is 23.3 Å². The molecule has 1 aliphatic heterocycles. The summed E-state index contributed by atoms with van der Waals surface area (Å²) < 4.78 is 0. The first-order chi connectivity index (χ1) is 8.13. The van der Waals surface area contributed by atoms with Gasteiger partial charge in [0.25, 0.3) is 5.69 Å². The van der Waals surface area contributed by atoms with Crippen LogP contribution in [0, 0.1) is 17.0 Å². The summed E-state index contributed by atoms with van der Waals surface area (Å²) in [4.78, 5) is 12.5. The Labute approximate surface area is 99.8 Å². The molecule has 0 saturated carbocycles. The van der Waals surface area contributed by atoms with E-state index in [4.69, 9.17) is 0 Å². The van der Waals surface area contributed by atoms with E-state index in [2.05, 4.69) is 4.90 Å². The Hall–Kier alpha value is -1.62. The summed E-state index contributed by atoms with van der Waals surface area (Å²) >= 11 is 0. The molecule has 1 N–H and O–H groups in total. The molecule has 0 aromatic heterocycles. The van der Waals surface area contributed by atoms with Gasteiger partial charge in [-0.15, -0.1) is 0 Å². The van der Waals surface area contributed by atoms with E-state index in [0.29, 0.717) is 5.56 Å². The third-order valence-electron chi connectivity index (χ3n) is 3.30. The Kier molecular flexibility index (Phi) is 3.28. The highest BCUT2D eigenvalue weighted by molar-refractivity contribution is 5.56. The Morgan fingerprint density at radius 3 is 2.94 bits per heavy atom. The van der Waals surface area contributed by atoms with Crippen molar-refractivity contribution in [1.82, 2.24) is 0 Å². The Balaban J connectivity index is 2.28. The molecule has 1 heterocycles. The normalized spacial score (nSPS) is 19.6. The predicted octanol–water partition coefficient (Wildman–Crippen LogP) is 1.86. The lowest BCUT2D eigenvalue weighted by Crippen LogP contribution is -2.31. The number of aryl methyl sites for hydroxylation is 1. The van der Waals surface area contributed by atoms with Crippen molar-refractivity contribution in [1.29, 1.82) is 0 Å². The molecule has 1 aliphatic rings. The van der Waals surface area contributed by atoms with Gasteiger partial charge in [0.2, 0.25) is 0 Å². The molecule has 0 aliphatic carbocycles. The number of nitro benzene ring substituents is 1. The first-order valence-corrected chi connectivity index (χ1v) is 5.76. The van der Waals surface area contributed by atoms with Gasteiger partial charge in [0.05, 0.1) is 17.6 Å². The maximum atomic E-state index is 10.7. The van der Waals surface area contributed by atoms with Crippen LogP contribution in [0.1, 0.15) is 18.4 Å². The number of benzene rings is 1. The van der Waals surface area contributed by atoms with Gasteiger partial charge in [-0.05, 0) is 31.9 Å². The highest BCUT2D eigenvalue weighted by Gasteiger charge is 2.24. The molecule has 2 rings (SSSR count). The number of rotatable bonds is 3. The number of hydrogen-bond acceptors (Lipinski definition) is 4. The average molecular weight is 236 g/mol. The maximum Gasteiger partial charge on any atom is 0.272 e. The van der Waals surface area contributed by atoms with Gasteiger partial charge in [-0.3, -0.25) is 10.1 Å². The van der Waals surface area contributed by atoms with Crippen molar-refractivity contribution in [2.45, 2.75) is 25.8 Å². The molecule has 1 unspecified atom stereocenters. The van der Waals surface area contributed by atoms with Crippen LogP contribution in [0.5, 0.6) is 0 Å². The van der Waals surface area contributed by atoms with Crippen molar-refractivity contribution in [2.75, 3.05) is 18.1 Å². The zero-order valence-electron chi connectivity index (χ0n) is 9.80. The standard InChI is InChI=1S/C12H16N2O3/c1-9-7-10(4-5-12(9)14(16)17)13-6-2-3-11(13)8-15/h4-5,7,11,15H,2-3,6,8H2,1H3. The fourth-order valence-corrected chi connectivity index (χ4v) is 2.39. The van der Waals surface area contributed by atoms with Gasteiger partial charge in [-0.25, -0.2) is 0 Å². The van der Waals surface area contributed by atoms with Crippen LogP contribution >= 0.6 is 0 Å². The van der Waals surface area contributed by atoms with E-state index in [1.165, 1.54) is 6.07 Å². The second-order valence-electron chi connectivity index (χ2n) is 4.40. The molecule has 1 aromatic carbocycles. The molecule has 92 valence electrons. The van der Waals surface area contributed by atoms with E-state index in [1.807, 2.05) is 6.07 Å². The predicted molar refractivity (Wildman–Crippen MR) is 65.3 cm³/mol. The van der Waals surface area contributed by atoms with Crippen LogP contribution in [0.25, 0.3) is 0 Å². The monoisotopic (exact) mass is 236 g/mol.